The molecule has 7 nitrogen and oxygen atoms in total. The number of hydrogen-bond donors (Lipinski definition) is 4. The normalized spacial score (nSPS) is 12.5. The number of carbonyl (C=O) groups is 2. The number of carbonyl (C=O) groups excluding carboxylic acids is 2. The number of quaternary nitrogens is 1. The molecule has 144 valence electrons. The SMILES string of the molecule is COc1ccc(NC(=O)c2c(NC(=O)C[NH2+]CCO)sc3c2CCC3)cc1. The second kappa shape index (κ2) is 8.98. The van der Waals surface area contributed by atoms with E-state index in [1.807, 2.05) is 0 Å². The van der Waals surface area contributed by atoms with Crippen molar-refractivity contribution in [2.75, 3.05) is 37.4 Å². The molecule has 0 aliphatic heterocycles. The molecule has 1 aliphatic carbocycles. The van der Waals surface area contributed by atoms with Gasteiger partial charge in [0.1, 0.15) is 10.8 Å². The number of hydrogen-bond acceptors (Lipinski definition) is 5. The van der Waals surface area contributed by atoms with Crippen molar-refractivity contribution in [3.8, 4) is 5.75 Å². The van der Waals surface area contributed by atoms with E-state index in [4.69, 9.17) is 9.84 Å². The molecule has 3 rings (SSSR count). The molecule has 8 heteroatoms. The van der Waals surface area contributed by atoms with Crippen LogP contribution in [-0.4, -0.2) is 43.7 Å². The number of rotatable bonds is 8. The van der Waals surface area contributed by atoms with E-state index in [1.165, 1.54) is 16.2 Å². The lowest BCUT2D eigenvalue weighted by Crippen LogP contribution is -2.87. The number of amides is 2. The quantitative estimate of drug-likeness (QED) is 0.505. The summed E-state index contributed by atoms with van der Waals surface area (Å²) in [5, 5.41) is 16.9. The molecule has 0 unspecified atom stereocenters. The molecule has 1 aromatic heterocycles. The maximum absolute atomic E-state index is 12.9. The first kappa shape index (κ1) is 19.3. The lowest BCUT2D eigenvalue weighted by Gasteiger charge is -2.10. The molecule has 0 bridgehead atoms. The van der Waals surface area contributed by atoms with Crippen LogP contribution in [0.2, 0.25) is 0 Å². The fourth-order valence-corrected chi connectivity index (χ4v) is 4.41. The monoisotopic (exact) mass is 390 g/mol. The van der Waals surface area contributed by atoms with Gasteiger partial charge in [0.05, 0.1) is 25.8 Å². The summed E-state index contributed by atoms with van der Waals surface area (Å²) in [6, 6.07) is 7.14. The van der Waals surface area contributed by atoms with Crippen molar-refractivity contribution in [1.29, 1.82) is 0 Å². The van der Waals surface area contributed by atoms with E-state index < -0.39 is 0 Å². The first-order valence-electron chi connectivity index (χ1n) is 8.94. The van der Waals surface area contributed by atoms with E-state index in [-0.39, 0.29) is 25.0 Å². The Balaban J connectivity index is 1.76. The zero-order chi connectivity index (χ0) is 19.2. The largest absolute Gasteiger partial charge is 0.497 e. The lowest BCUT2D eigenvalue weighted by atomic mass is 10.1. The average molecular weight is 390 g/mol. The van der Waals surface area contributed by atoms with Gasteiger partial charge in [0.25, 0.3) is 11.8 Å². The van der Waals surface area contributed by atoms with Gasteiger partial charge in [0.2, 0.25) is 0 Å². The number of aliphatic hydroxyl groups is 1. The minimum absolute atomic E-state index is 0.0239. The highest BCUT2D eigenvalue weighted by Crippen LogP contribution is 2.39. The maximum atomic E-state index is 12.9. The summed E-state index contributed by atoms with van der Waals surface area (Å²) in [4.78, 5) is 26.2. The van der Waals surface area contributed by atoms with Gasteiger partial charge in [-0.15, -0.1) is 11.3 Å². The molecule has 1 aromatic carbocycles. The summed E-state index contributed by atoms with van der Waals surface area (Å²) in [5.74, 6) is 0.326. The van der Waals surface area contributed by atoms with Crippen molar-refractivity contribution in [2.24, 2.45) is 0 Å². The zero-order valence-electron chi connectivity index (χ0n) is 15.2. The Morgan fingerprint density at radius 2 is 2.00 bits per heavy atom. The van der Waals surface area contributed by atoms with Crippen LogP contribution in [-0.2, 0) is 17.6 Å². The Bertz CT molecular complexity index is 817. The van der Waals surface area contributed by atoms with Crippen LogP contribution in [0.5, 0.6) is 5.75 Å². The third-order valence-corrected chi connectivity index (χ3v) is 5.62. The minimum Gasteiger partial charge on any atom is -0.497 e. The summed E-state index contributed by atoms with van der Waals surface area (Å²) in [6.07, 6.45) is 2.82. The van der Waals surface area contributed by atoms with Gasteiger partial charge in [-0.25, -0.2) is 0 Å². The molecule has 2 amide bonds. The first-order valence-corrected chi connectivity index (χ1v) is 9.76. The van der Waals surface area contributed by atoms with Crippen LogP contribution < -0.4 is 20.7 Å². The highest BCUT2D eigenvalue weighted by molar-refractivity contribution is 7.17. The number of anilines is 2. The van der Waals surface area contributed by atoms with Crippen LogP contribution in [0.3, 0.4) is 0 Å². The molecule has 1 heterocycles. The smallest absolute Gasteiger partial charge is 0.280 e. The Kier molecular flexibility index (Phi) is 6.44. The Labute approximate surface area is 161 Å². The summed E-state index contributed by atoms with van der Waals surface area (Å²) in [5.41, 5.74) is 2.28. The standard InChI is InChI=1S/C19H23N3O4S/c1-26-13-7-5-12(6-8-13)21-18(25)17-14-3-2-4-15(14)27-19(17)22-16(24)11-20-9-10-23/h5-8,20,23H,2-4,9-11H2,1H3,(H,21,25)(H,22,24)/p+1. The molecular weight excluding hydrogens is 366 g/mol. The summed E-state index contributed by atoms with van der Waals surface area (Å²) in [6.45, 7) is 0.706. The molecule has 0 saturated carbocycles. The van der Waals surface area contributed by atoms with Crippen LogP contribution in [0, 0.1) is 0 Å². The number of nitrogens with two attached hydrogens (primary N) is 1. The molecule has 0 fully saturated rings. The van der Waals surface area contributed by atoms with E-state index >= 15 is 0 Å². The van der Waals surface area contributed by atoms with Gasteiger partial charge in [-0.05, 0) is 49.1 Å². The molecule has 0 radical (unpaired) electrons. The fourth-order valence-electron chi connectivity index (χ4n) is 3.10. The number of aryl methyl sites for hydroxylation is 1. The van der Waals surface area contributed by atoms with Crippen LogP contribution >= 0.6 is 11.3 Å². The molecule has 5 N–H and O–H groups in total. The van der Waals surface area contributed by atoms with Gasteiger partial charge in [-0.1, -0.05) is 0 Å². The van der Waals surface area contributed by atoms with Crippen molar-refractivity contribution < 1.29 is 24.7 Å². The number of benzene rings is 1. The Morgan fingerprint density at radius 3 is 2.70 bits per heavy atom. The Hall–Kier alpha value is -2.42. The number of ether oxygens (including phenoxy) is 1. The first-order chi connectivity index (χ1) is 13.1. The molecule has 0 spiro atoms. The minimum atomic E-state index is -0.214. The van der Waals surface area contributed by atoms with Crippen LogP contribution in [0.1, 0.15) is 27.2 Å². The summed E-state index contributed by atoms with van der Waals surface area (Å²) < 4.78 is 5.13. The molecule has 1 aliphatic rings. The van der Waals surface area contributed by atoms with Crippen LogP contribution in [0.25, 0.3) is 0 Å². The molecule has 0 saturated heterocycles. The van der Waals surface area contributed by atoms with Crippen molar-refractivity contribution in [3.63, 3.8) is 0 Å². The summed E-state index contributed by atoms with van der Waals surface area (Å²) >= 11 is 1.49. The van der Waals surface area contributed by atoms with E-state index in [0.29, 0.717) is 22.8 Å². The van der Waals surface area contributed by atoms with Crippen molar-refractivity contribution >= 4 is 33.8 Å². The lowest BCUT2D eigenvalue weighted by molar-refractivity contribution is -0.644. The second-order valence-corrected chi connectivity index (χ2v) is 7.40. The van der Waals surface area contributed by atoms with E-state index in [1.54, 1.807) is 36.7 Å². The third-order valence-electron chi connectivity index (χ3n) is 4.41. The van der Waals surface area contributed by atoms with Gasteiger partial charge in [0, 0.05) is 10.6 Å². The second-order valence-electron chi connectivity index (χ2n) is 6.30. The van der Waals surface area contributed by atoms with Gasteiger partial charge < -0.3 is 25.8 Å². The molecular formula is C19H24N3O4S+. The highest BCUT2D eigenvalue weighted by atomic mass is 32.1. The number of methoxy groups -OCH3 is 1. The van der Waals surface area contributed by atoms with E-state index in [9.17, 15) is 9.59 Å². The number of fused-ring (bicyclic) bond motifs is 1. The Morgan fingerprint density at radius 1 is 1.22 bits per heavy atom. The summed E-state index contributed by atoms with van der Waals surface area (Å²) in [7, 11) is 1.59. The van der Waals surface area contributed by atoms with E-state index in [0.717, 1.165) is 30.6 Å². The van der Waals surface area contributed by atoms with Crippen molar-refractivity contribution in [2.45, 2.75) is 19.3 Å². The van der Waals surface area contributed by atoms with Gasteiger partial charge in [-0.3, -0.25) is 9.59 Å². The van der Waals surface area contributed by atoms with Gasteiger partial charge in [0.15, 0.2) is 6.54 Å². The molecule has 2 aromatic rings. The van der Waals surface area contributed by atoms with Crippen LogP contribution in [0.15, 0.2) is 24.3 Å². The predicted molar refractivity (Wildman–Crippen MR) is 105 cm³/mol. The maximum Gasteiger partial charge on any atom is 0.280 e. The number of nitrogens with one attached hydrogen (secondary N) is 2. The predicted octanol–water partition coefficient (Wildman–Crippen LogP) is 0.992. The van der Waals surface area contributed by atoms with Gasteiger partial charge in [-0.2, -0.15) is 0 Å². The molecule has 0 atom stereocenters. The molecule has 27 heavy (non-hydrogen) atoms. The van der Waals surface area contributed by atoms with E-state index in [2.05, 4.69) is 10.6 Å². The fraction of sp³-hybridized carbons (Fsp3) is 0.368. The average Bonchev–Trinajstić information content (AvgIpc) is 3.23. The third kappa shape index (κ3) is 4.65. The van der Waals surface area contributed by atoms with Crippen LogP contribution in [0.4, 0.5) is 10.7 Å². The van der Waals surface area contributed by atoms with Crippen molar-refractivity contribution in [1.82, 2.24) is 0 Å². The number of thiophene rings is 1. The topological polar surface area (TPSA) is 104 Å². The zero-order valence-corrected chi connectivity index (χ0v) is 16.0. The van der Waals surface area contributed by atoms with Crippen molar-refractivity contribution in [3.05, 3.63) is 40.3 Å². The van der Waals surface area contributed by atoms with Gasteiger partial charge >= 0.3 is 0 Å². The highest BCUT2D eigenvalue weighted by Gasteiger charge is 2.27. The number of aliphatic hydroxyl groups excluding tert-OH is 1.